The zero-order valence-electron chi connectivity index (χ0n) is 15.7. The summed E-state index contributed by atoms with van der Waals surface area (Å²) in [5.74, 6) is -1.19. The number of nitrogens with two attached hydrogens (primary N) is 1. The normalized spacial score (nSPS) is 11.6. The summed E-state index contributed by atoms with van der Waals surface area (Å²) in [6, 6.07) is 15.9. The van der Waals surface area contributed by atoms with Crippen LogP contribution >= 0.6 is 0 Å². The van der Waals surface area contributed by atoms with Crippen LogP contribution in [0, 0.1) is 0 Å². The Bertz CT molecular complexity index is 1000. The number of para-hydroxylation sites is 1. The number of aromatic nitrogens is 1. The van der Waals surface area contributed by atoms with Crippen molar-refractivity contribution in [2.75, 3.05) is 6.54 Å². The molecule has 8 nitrogen and oxygen atoms in total. The molecular formula is C21H22N4O4. The highest BCUT2D eigenvalue weighted by molar-refractivity contribution is 5.90. The molecule has 3 amide bonds. The molecule has 0 aliphatic rings. The van der Waals surface area contributed by atoms with E-state index in [1.54, 1.807) is 6.20 Å². The molecule has 1 atom stereocenters. The number of H-pyrrole nitrogens is 1. The van der Waals surface area contributed by atoms with Crippen molar-refractivity contribution in [3.63, 3.8) is 0 Å². The summed E-state index contributed by atoms with van der Waals surface area (Å²) >= 11 is 0. The average Bonchev–Trinajstić information content (AvgIpc) is 3.14. The standard InChI is InChI=1S/C21H22N4O4/c22-20(27)18(10-15-11-23-17-9-5-4-8-16(15)17)25-19(26)12-24-21(28)29-13-14-6-2-1-3-7-14/h1-9,11,18,23H,10,12-13H2,(H2,22,27)(H,24,28)(H,25,26)/t18-/m1/s1. The Balaban J connectivity index is 1.49. The number of benzene rings is 2. The molecule has 1 heterocycles. The second-order valence-electron chi connectivity index (χ2n) is 6.50. The summed E-state index contributed by atoms with van der Waals surface area (Å²) in [5.41, 5.74) is 8.06. The van der Waals surface area contributed by atoms with Crippen LogP contribution in [0.4, 0.5) is 4.79 Å². The molecule has 0 fully saturated rings. The van der Waals surface area contributed by atoms with E-state index in [1.165, 1.54) is 0 Å². The summed E-state index contributed by atoms with van der Waals surface area (Å²) < 4.78 is 5.04. The monoisotopic (exact) mass is 394 g/mol. The Hall–Kier alpha value is -3.81. The molecule has 0 bridgehead atoms. The summed E-state index contributed by atoms with van der Waals surface area (Å²) in [6.07, 6.45) is 1.30. The summed E-state index contributed by atoms with van der Waals surface area (Å²) in [4.78, 5) is 38.8. The SMILES string of the molecule is NC(=O)[C@@H](Cc1c[nH]c2ccccc12)NC(=O)CNC(=O)OCc1ccccc1. The van der Waals surface area contributed by atoms with Crippen LogP contribution in [-0.2, 0) is 27.4 Å². The van der Waals surface area contributed by atoms with Crippen LogP contribution in [0.3, 0.4) is 0 Å². The van der Waals surface area contributed by atoms with Gasteiger partial charge in [0.25, 0.3) is 0 Å². The molecule has 0 aliphatic heterocycles. The number of primary amides is 1. The van der Waals surface area contributed by atoms with Gasteiger partial charge >= 0.3 is 6.09 Å². The van der Waals surface area contributed by atoms with Crippen molar-refractivity contribution >= 4 is 28.8 Å². The minimum absolute atomic E-state index is 0.0960. The topological polar surface area (TPSA) is 126 Å². The first kappa shape index (κ1) is 19.9. The van der Waals surface area contributed by atoms with Crippen LogP contribution in [0.2, 0.25) is 0 Å². The highest BCUT2D eigenvalue weighted by atomic mass is 16.5. The summed E-state index contributed by atoms with van der Waals surface area (Å²) in [6.45, 7) is -0.232. The number of hydrogen-bond acceptors (Lipinski definition) is 4. The van der Waals surface area contributed by atoms with Gasteiger partial charge in [-0.1, -0.05) is 48.5 Å². The van der Waals surface area contributed by atoms with E-state index in [-0.39, 0.29) is 19.6 Å². The molecule has 3 rings (SSSR count). The van der Waals surface area contributed by atoms with Gasteiger partial charge in [-0.05, 0) is 17.2 Å². The quantitative estimate of drug-likeness (QED) is 0.463. The van der Waals surface area contributed by atoms with Crippen molar-refractivity contribution in [1.82, 2.24) is 15.6 Å². The number of carbonyl (C=O) groups excluding carboxylic acids is 3. The average molecular weight is 394 g/mol. The molecule has 0 radical (unpaired) electrons. The number of carbonyl (C=O) groups is 3. The maximum absolute atomic E-state index is 12.1. The number of amides is 3. The second-order valence-corrected chi connectivity index (χ2v) is 6.50. The molecular weight excluding hydrogens is 372 g/mol. The Labute approximate surface area is 167 Å². The molecule has 29 heavy (non-hydrogen) atoms. The van der Waals surface area contributed by atoms with Crippen molar-refractivity contribution < 1.29 is 19.1 Å². The van der Waals surface area contributed by atoms with Crippen LogP contribution in [0.25, 0.3) is 10.9 Å². The first-order valence-corrected chi connectivity index (χ1v) is 9.11. The van der Waals surface area contributed by atoms with Crippen LogP contribution in [0.5, 0.6) is 0 Å². The first-order chi connectivity index (χ1) is 14.0. The minimum atomic E-state index is -0.899. The third-order valence-electron chi connectivity index (χ3n) is 4.38. The van der Waals surface area contributed by atoms with Crippen LogP contribution in [-0.4, -0.2) is 35.5 Å². The van der Waals surface area contributed by atoms with Gasteiger partial charge in [0.15, 0.2) is 0 Å². The third-order valence-corrected chi connectivity index (χ3v) is 4.38. The van der Waals surface area contributed by atoms with Gasteiger partial charge in [0, 0.05) is 23.5 Å². The van der Waals surface area contributed by atoms with E-state index in [9.17, 15) is 14.4 Å². The number of nitrogens with one attached hydrogen (secondary N) is 3. The molecule has 0 spiro atoms. The first-order valence-electron chi connectivity index (χ1n) is 9.11. The number of ether oxygens (including phenoxy) is 1. The number of rotatable bonds is 8. The molecule has 5 N–H and O–H groups in total. The number of aromatic amines is 1. The predicted octanol–water partition coefficient (Wildman–Crippen LogP) is 1.61. The van der Waals surface area contributed by atoms with E-state index in [0.717, 1.165) is 22.0 Å². The number of fused-ring (bicyclic) bond motifs is 1. The zero-order valence-corrected chi connectivity index (χ0v) is 15.7. The highest BCUT2D eigenvalue weighted by Crippen LogP contribution is 2.19. The van der Waals surface area contributed by atoms with Gasteiger partial charge < -0.3 is 26.1 Å². The maximum atomic E-state index is 12.1. The van der Waals surface area contributed by atoms with E-state index in [0.29, 0.717) is 0 Å². The lowest BCUT2D eigenvalue weighted by atomic mass is 10.0. The lowest BCUT2D eigenvalue weighted by Crippen LogP contribution is -2.49. The van der Waals surface area contributed by atoms with Crippen molar-refractivity contribution in [2.45, 2.75) is 19.1 Å². The van der Waals surface area contributed by atoms with Gasteiger partial charge in [-0.25, -0.2) is 4.79 Å². The summed E-state index contributed by atoms with van der Waals surface area (Å²) in [7, 11) is 0. The third kappa shape index (κ3) is 5.58. The van der Waals surface area contributed by atoms with Gasteiger partial charge in [0.05, 0.1) is 0 Å². The second kappa shape index (κ2) is 9.41. The molecule has 0 unspecified atom stereocenters. The predicted molar refractivity (Wildman–Crippen MR) is 108 cm³/mol. The Kier molecular flexibility index (Phi) is 6.47. The van der Waals surface area contributed by atoms with Crippen LogP contribution in [0.15, 0.2) is 60.8 Å². The van der Waals surface area contributed by atoms with Gasteiger partial charge in [0.1, 0.15) is 19.2 Å². The van der Waals surface area contributed by atoms with E-state index < -0.39 is 23.9 Å². The minimum Gasteiger partial charge on any atom is -0.445 e. The van der Waals surface area contributed by atoms with Gasteiger partial charge in [-0.2, -0.15) is 0 Å². The molecule has 0 saturated heterocycles. The van der Waals surface area contributed by atoms with Crippen LogP contribution in [0.1, 0.15) is 11.1 Å². The summed E-state index contributed by atoms with van der Waals surface area (Å²) in [5, 5.41) is 5.86. The van der Waals surface area contributed by atoms with Crippen molar-refractivity contribution in [3.05, 3.63) is 71.9 Å². The van der Waals surface area contributed by atoms with Crippen molar-refractivity contribution in [1.29, 1.82) is 0 Å². The molecule has 0 aliphatic carbocycles. The molecule has 2 aromatic carbocycles. The molecule has 8 heteroatoms. The Morgan fingerprint density at radius 2 is 1.76 bits per heavy atom. The fraction of sp³-hybridized carbons (Fsp3) is 0.190. The van der Waals surface area contributed by atoms with E-state index in [2.05, 4.69) is 15.6 Å². The van der Waals surface area contributed by atoms with Gasteiger partial charge in [-0.3, -0.25) is 9.59 Å². The highest BCUT2D eigenvalue weighted by Gasteiger charge is 2.20. The Morgan fingerprint density at radius 3 is 2.52 bits per heavy atom. The van der Waals surface area contributed by atoms with E-state index >= 15 is 0 Å². The number of alkyl carbamates (subject to hydrolysis) is 1. The van der Waals surface area contributed by atoms with Crippen molar-refractivity contribution in [3.8, 4) is 0 Å². The van der Waals surface area contributed by atoms with Gasteiger partial charge in [-0.15, -0.1) is 0 Å². The van der Waals surface area contributed by atoms with E-state index in [4.69, 9.17) is 10.5 Å². The fourth-order valence-corrected chi connectivity index (χ4v) is 2.92. The maximum Gasteiger partial charge on any atom is 0.407 e. The number of hydrogen-bond donors (Lipinski definition) is 4. The largest absolute Gasteiger partial charge is 0.445 e. The van der Waals surface area contributed by atoms with Gasteiger partial charge in [0.2, 0.25) is 11.8 Å². The zero-order chi connectivity index (χ0) is 20.6. The fourth-order valence-electron chi connectivity index (χ4n) is 2.92. The molecule has 150 valence electrons. The lowest BCUT2D eigenvalue weighted by Gasteiger charge is -2.15. The Morgan fingerprint density at radius 1 is 1.03 bits per heavy atom. The molecule has 0 saturated carbocycles. The van der Waals surface area contributed by atoms with E-state index in [1.807, 2.05) is 54.6 Å². The molecule has 3 aromatic rings. The molecule has 1 aromatic heterocycles. The van der Waals surface area contributed by atoms with Crippen LogP contribution < -0.4 is 16.4 Å². The smallest absolute Gasteiger partial charge is 0.407 e. The lowest BCUT2D eigenvalue weighted by molar-refractivity contribution is -0.126. The van der Waals surface area contributed by atoms with Crippen molar-refractivity contribution in [2.24, 2.45) is 5.73 Å².